The molecular weight excluding hydrogens is 328 g/mol. The van der Waals surface area contributed by atoms with E-state index >= 15 is 0 Å². The zero-order valence-corrected chi connectivity index (χ0v) is 13.7. The number of nitrogens with two attached hydrogens (primary N) is 1. The van der Waals surface area contributed by atoms with Gasteiger partial charge in [0.25, 0.3) is 0 Å². The highest BCUT2D eigenvalue weighted by Gasteiger charge is 2.07. The molecule has 0 radical (unpaired) electrons. The number of carbonyl (C=O) groups excluding carboxylic acids is 1. The van der Waals surface area contributed by atoms with Crippen molar-refractivity contribution in [3.8, 4) is 0 Å². The molecule has 3 nitrogen and oxygen atoms in total. The van der Waals surface area contributed by atoms with Crippen LogP contribution in [0.25, 0.3) is 10.8 Å². The molecular formula is C17H21BrN2O. The fourth-order valence-corrected chi connectivity index (χ4v) is 2.85. The Labute approximate surface area is 134 Å². The molecule has 0 saturated carbocycles. The Morgan fingerprint density at radius 2 is 1.71 bits per heavy atom. The van der Waals surface area contributed by atoms with Crippen LogP contribution in [0.2, 0.25) is 0 Å². The van der Waals surface area contributed by atoms with Gasteiger partial charge in [0.05, 0.1) is 0 Å². The smallest absolute Gasteiger partial charge is 0.224 e. The summed E-state index contributed by atoms with van der Waals surface area (Å²) in [6.45, 7) is 0.733. The maximum atomic E-state index is 12.0. The van der Waals surface area contributed by atoms with Crippen molar-refractivity contribution in [2.45, 2.75) is 32.1 Å². The Morgan fingerprint density at radius 1 is 1.00 bits per heavy atom. The molecule has 2 aromatic carbocycles. The van der Waals surface area contributed by atoms with Gasteiger partial charge in [0, 0.05) is 22.0 Å². The molecule has 2 aromatic rings. The van der Waals surface area contributed by atoms with Crippen molar-refractivity contribution in [1.82, 2.24) is 0 Å². The van der Waals surface area contributed by atoms with E-state index in [0.29, 0.717) is 6.42 Å². The number of amides is 1. The van der Waals surface area contributed by atoms with Crippen LogP contribution in [0.3, 0.4) is 0 Å². The van der Waals surface area contributed by atoms with E-state index in [1.54, 1.807) is 0 Å². The van der Waals surface area contributed by atoms with Crippen molar-refractivity contribution in [2.24, 2.45) is 5.73 Å². The maximum absolute atomic E-state index is 12.0. The molecule has 112 valence electrons. The van der Waals surface area contributed by atoms with Crippen molar-refractivity contribution in [2.75, 3.05) is 11.9 Å². The summed E-state index contributed by atoms with van der Waals surface area (Å²) < 4.78 is 1.04. The zero-order chi connectivity index (χ0) is 15.1. The summed E-state index contributed by atoms with van der Waals surface area (Å²) in [5, 5.41) is 5.19. The van der Waals surface area contributed by atoms with Crippen molar-refractivity contribution < 1.29 is 4.79 Å². The minimum Gasteiger partial charge on any atom is -0.330 e. The fraction of sp³-hybridized carbons (Fsp3) is 0.353. The standard InChI is InChI=1S/C17H21BrN2O/c18-15-10-11-16(14-8-5-4-7-13(14)15)20-17(21)9-3-1-2-6-12-19/h4-5,7-8,10-11H,1-3,6,9,12,19H2,(H,20,21). The second-order valence-electron chi connectivity index (χ2n) is 5.14. The lowest BCUT2D eigenvalue weighted by atomic mass is 10.1. The van der Waals surface area contributed by atoms with Gasteiger partial charge in [0.15, 0.2) is 0 Å². The van der Waals surface area contributed by atoms with E-state index in [1.165, 1.54) is 0 Å². The van der Waals surface area contributed by atoms with Gasteiger partial charge in [-0.3, -0.25) is 4.79 Å². The molecule has 0 aliphatic carbocycles. The van der Waals surface area contributed by atoms with Crippen molar-refractivity contribution in [3.05, 3.63) is 40.9 Å². The molecule has 0 heterocycles. The first-order valence-corrected chi connectivity index (χ1v) is 8.19. The molecule has 0 bridgehead atoms. The summed E-state index contributed by atoms with van der Waals surface area (Å²) in [6.07, 6.45) is 4.69. The number of benzene rings is 2. The molecule has 4 heteroatoms. The lowest BCUT2D eigenvalue weighted by Crippen LogP contribution is -2.11. The van der Waals surface area contributed by atoms with Gasteiger partial charge in [0.2, 0.25) is 5.91 Å². The molecule has 0 atom stereocenters. The number of hydrogen-bond donors (Lipinski definition) is 2. The lowest BCUT2D eigenvalue weighted by molar-refractivity contribution is -0.116. The fourth-order valence-electron chi connectivity index (χ4n) is 2.37. The number of hydrogen-bond acceptors (Lipinski definition) is 2. The number of halogens is 1. The van der Waals surface area contributed by atoms with E-state index in [2.05, 4.69) is 21.2 Å². The average Bonchev–Trinajstić information content (AvgIpc) is 2.50. The van der Waals surface area contributed by atoms with Gasteiger partial charge in [-0.05, 0) is 36.9 Å². The van der Waals surface area contributed by atoms with Gasteiger partial charge in [-0.2, -0.15) is 0 Å². The van der Waals surface area contributed by atoms with E-state index in [-0.39, 0.29) is 5.91 Å². The highest BCUT2D eigenvalue weighted by molar-refractivity contribution is 9.10. The molecule has 0 fully saturated rings. The third kappa shape index (κ3) is 4.55. The molecule has 21 heavy (non-hydrogen) atoms. The Bertz CT molecular complexity index is 613. The summed E-state index contributed by atoms with van der Waals surface area (Å²) in [4.78, 5) is 12.0. The molecule has 3 N–H and O–H groups in total. The Hall–Kier alpha value is -1.39. The zero-order valence-electron chi connectivity index (χ0n) is 12.1. The van der Waals surface area contributed by atoms with Crippen LogP contribution in [0, 0.1) is 0 Å². The molecule has 0 aromatic heterocycles. The van der Waals surface area contributed by atoms with Gasteiger partial charge in [-0.15, -0.1) is 0 Å². The second kappa shape index (κ2) is 8.15. The van der Waals surface area contributed by atoms with E-state index in [4.69, 9.17) is 5.73 Å². The summed E-state index contributed by atoms with van der Waals surface area (Å²) in [7, 11) is 0. The van der Waals surface area contributed by atoms with Crippen LogP contribution in [0.5, 0.6) is 0 Å². The summed E-state index contributed by atoms with van der Waals surface area (Å²) >= 11 is 3.54. The van der Waals surface area contributed by atoms with Crippen LogP contribution in [0.4, 0.5) is 5.69 Å². The number of nitrogens with one attached hydrogen (secondary N) is 1. The summed E-state index contributed by atoms with van der Waals surface area (Å²) in [6, 6.07) is 12.0. The largest absolute Gasteiger partial charge is 0.330 e. The van der Waals surface area contributed by atoms with Crippen LogP contribution >= 0.6 is 15.9 Å². The van der Waals surface area contributed by atoms with Gasteiger partial charge < -0.3 is 11.1 Å². The van der Waals surface area contributed by atoms with Crippen LogP contribution in [-0.2, 0) is 4.79 Å². The predicted molar refractivity (Wildman–Crippen MR) is 92.4 cm³/mol. The highest BCUT2D eigenvalue weighted by atomic mass is 79.9. The lowest BCUT2D eigenvalue weighted by Gasteiger charge is -2.10. The van der Waals surface area contributed by atoms with Gasteiger partial charge >= 0.3 is 0 Å². The Morgan fingerprint density at radius 3 is 2.48 bits per heavy atom. The number of carbonyl (C=O) groups is 1. The first kappa shape index (κ1) is 16.0. The molecule has 0 unspecified atom stereocenters. The summed E-state index contributed by atoms with van der Waals surface area (Å²) in [5.74, 6) is 0.0789. The Kier molecular flexibility index (Phi) is 6.21. The predicted octanol–water partition coefficient (Wildman–Crippen LogP) is 4.45. The van der Waals surface area contributed by atoms with Crippen LogP contribution < -0.4 is 11.1 Å². The number of fused-ring (bicyclic) bond motifs is 1. The molecule has 0 aliphatic rings. The van der Waals surface area contributed by atoms with E-state index in [1.807, 2.05) is 36.4 Å². The first-order chi connectivity index (χ1) is 10.2. The van der Waals surface area contributed by atoms with Gasteiger partial charge in [0.1, 0.15) is 0 Å². The van der Waals surface area contributed by atoms with Crippen LogP contribution in [0.15, 0.2) is 40.9 Å². The normalized spacial score (nSPS) is 10.8. The van der Waals surface area contributed by atoms with Crippen molar-refractivity contribution in [3.63, 3.8) is 0 Å². The highest BCUT2D eigenvalue weighted by Crippen LogP contribution is 2.30. The molecule has 0 aliphatic heterocycles. The third-order valence-corrected chi connectivity index (χ3v) is 4.19. The molecule has 2 rings (SSSR count). The molecule has 1 amide bonds. The number of anilines is 1. The van der Waals surface area contributed by atoms with E-state index < -0.39 is 0 Å². The number of rotatable bonds is 7. The average molecular weight is 349 g/mol. The topological polar surface area (TPSA) is 55.1 Å². The van der Waals surface area contributed by atoms with E-state index in [0.717, 1.165) is 53.2 Å². The minimum atomic E-state index is 0.0789. The third-order valence-electron chi connectivity index (χ3n) is 3.50. The van der Waals surface area contributed by atoms with E-state index in [9.17, 15) is 4.79 Å². The van der Waals surface area contributed by atoms with Crippen molar-refractivity contribution in [1.29, 1.82) is 0 Å². The SMILES string of the molecule is NCCCCCCC(=O)Nc1ccc(Br)c2ccccc12. The quantitative estimate of drug-likeness (QED) is 0.726. The van der Waals surface area contributed by atoms with Crippen LogP contribution in [0.1, 0.15) is 32.1 Å². The first-order valence-electron chi connectivity index (χ1n) is 7.39. The second-order valence-corrected chi connectivity index (χ2v) is 6.00. The maximum Gasteiger partial charge on any atom is 0.224 e. The Balaban J connectivity index is 1.97. The molecule has 0 saturated heterocycles. The van der Waals surface area contributed by atoms with Gasteiger partial charge in [-0.1, -0.05) is 53.0 Å². The van der Waals surface area contributed by atoms with Crippen LogP contribution in [-0.4, -0.2) is 12.5 Å². The number of unbranched alkanes of at least 4 members (excludes halogenated alkanes) is 3. The summed E-state index contributed by atoms with van der Waals surface area (Å²) in [5.41, 5.74) is 6.33. The van der Waals surface area contributed by atoms with Gasteiger partial charge in [-0.25, -0.2) is 0 Å². The van der Waals surface area contributed by atoms with Crippen molar-refractivity contribution >= 4 is 38.3 Å². The minimum absolute atomic E-state index is 0.0789. The monoisotopic (exact) mass is 348 g/mol. The molecule has 0 spiro atoms.